The number of nitrogens with one attached hydrogen (secondary N) is 1. The van der Waals surface area contributed by atoms with E-state index in [0.29, 0.717) is 37.3 Å². The number of carbonyl (C=O) groups excluding carboxylic acids is 1. The molecule has 0 atom stereocenters. The van der Waals surface area contributed by atoms with Gasteiger partial charge < -0.3 is 14.6 Å². The number of nitrogens with zero attached hydrogens (tertiary/aromatic N) is 2. The Morgan fingerprint density at radius 1 is 1.30 bits per heavy atom. The van der Waals surface area contributed by atoms with E-state index in [0.717, 1.165) is 16.9 Å². The van der Waals surface area contributed by atoms with Crippen LogP contribution in [0.2, 0.25) is 0 Å². The van der Waals surface area contributed by atoms with E-state index in [1.165, 1.54) is 0 Å². The molecule has 1 heterocycles. The molecule has 6 heteroatoms. The topological polar surface area (TPSA) is 86.2 Å². The summed E-state index contributed by atoms with van der Waals surface area (Å²) in [4.78, 5) is 28.5. The first-order valence-corrected chi connectivity index (χ1v) is 8.89. The van der Waals surface area contributed by atoms with Crippen LogP contribution in [0.25, 0.3) is 0 Å². The number of H-pyrrole nitrogens is 1. The summed E-state index contributed by atoms with van der Waals surface area (Å²) in [5, 5.41) is 9.13. The Balaban J connectivity index is 1.90. The number of benzene rings is 1. The minimum atomic E-state index is -0.381. The summed E-state index contributed by atoms with van der Waals surface area (Å²) in [6.07, 6.45) is 0.782. The molecule has 1 amide bonds. The van der Waals surface area contributed by atoms with Crippen molar-refractivity contribution in [1.82, 2.24) is 9.88 Å². The molecular weight excluding hydrogens is 342 g/mol. The largest absolute Gasteiger partial charge is 0.492 e. The maximum absolute atomic E-state index is 12.4. The zero-order chi connectivity index (χ0) is 20.0. The second-order valence-electron chi connectivity index (χ2n) is 6.65. The number of likely N-dealkylation sites (N-methyl/N-ethyl adjacent to an activating group) is 1. The van der Waals surface area contributed by atoms with Gasteiger partial charge in [0.2, 0.25) is 5.91 Å². The third-order valence-electron chi connectivity index (χ3n) is 4.62. The fourth-order valence-corrected chi connectivity index (χ4v) is 2.97. The highest BCUT2D eigenvalue weighted by Crippen LogP contribution is 2.16. The molecule has 0 bridgehead atoms. The van der Waals surface area contributed by atoms with Crippen LogP contribution < -0.4 is 10.3 Å². The summed E-state index contributed by atoms with van der Waals surface area (Å²) in [5.41, 5.74) is 3.06. The van der Waals surface area contributed by atoms with E-state index in [1.54, 1.807) is 25.8 Å². The summed E-state index contributed by atoms with van der Waals surface area (Å²) in [7, 11) is 1.75. The van der Waals surface area contributed by atoms with Crippen molar-refractivity contribution in [2.45, 2.75) is 33.6 Å². The number of rotatable bonds is 7. The predicted molar refractivity (Wildman–Crippen MR) is 104 cm³/mol. The zero-order valence-corrected chi connectivity index (χ0v) is 16.3. The van der Waals surface area contributed by atoms with Crippen LogP contribution in [0.5, 0.6) is 5.75 Å². The molecular formula is C21H25N3O3. The van der Waals surface area contributed by atoms with E-state index < -0.39 is 0 Å². The lowest BCUT2D eigenvalue weighted by molar-refractivity contribution is -0.130. The van der Waals surface area contributed by atoms with Crippen molar-refractivity contribution in [3.8, 4) is 11.8 Å². The van der Waals surface area contributed by atoms with Crippen molar-refractivity contribution in [3.05, 3.63) is 62.6 Å². The maximum Gasteiger partial charge on any atom is 0.266 e. The standard InChI is InChI=1S/C21H25N3O3/c1-14-6-5-7-17(12-14)27-11-10-24(4)20(25)9-8-18-15(2)19(13-22)21(26)23-16(18)3/h5-7,12H,8-11H2,1-4H3,(H,23,26). The fraction of sp³-hybridized carbons (Fsp3) is 0.381. The van der Waals surface area contributed by atoms with E-state index in [9.17, 15) is 9.59 Å². The van der Waals surface area contributed by atoms with Gasteiger partial charge in [0.15, 0.2) is 0 Å². The first-order chi connectivity index (χ1) is 12.8. The van der Waals surface area contributed by atoms with Gasteiger partial charge in [0.25, 0.3) is 5.56 Å². The Labute approximate surface area is 159 Å². The smallest absolute Gasteiger partial charge is 0.266 e. The van der Waals surface area contributed by atoms with Crippen LogP contribution in [0, 0.1) is 32.1 Å². The number of aryl methyl sites for hydroxylation is 2. The van der Waals surface area contributed by atoms with Gasteiger partial charge >= 0.3 is 0 Å². The normalized spacial score (nSPS) is 10.3. The maximum atomic E-state index is 12.4. The quantitative estimate of drug-likeness (QED) is 0.815. The average molecular weight is 367 g/mol. The second-order valence-corrected chi connectivity index (χ2v) is 6.65. The van der Waals surface area contributed by atoms with Gasteiger partial charge in [-0.25, -0.2) is 0 Å². The molecule has 6 nitrogen and oxygen atoms in total. The third-order valence-corrected chi connectivity index (χ3v) is 4.62. The highest BCUT2D eigenvalue weighted by Gasteiger charge is 2.15. The van der Waals surface area contributed by atoms with E-state index >= 15 is 0 Å². The number of ether oxygens (including phenoxy) is 1. The van der Waals surface area contributed by atoms with Crippen molar-refractivity contribution in [1.29, 1.82) is 5.26 Å². The minimum Gasteiger partial charge on any atom is -0.492 e. The van der Waals surface area contributed by atoms with Crippen LogP contribution in [0.1, 0.15) is 34.4 Å². The molecule has 0 fully saturated rings. The van der Waals surface area contributed by atoms with Crippen molar-refractivity contribution >= 4 is 5.91 Å². The molecule has 0 unspecified atom stereocenters. The number of hydrogen-bond donors (Lipinski definition) is 1. The fourth-order valence-electron chi connectivity index (χ4n) is 2.97. The van der Waals surface area contributed by atoms with Crippen molar-refractivity contribution in [3.63, 3.8) is 0 Å². The number of hydrogen-bond acceptors (Lipinski definition) is 4. The van der Waals surface area contributed by atoms with E-state index in [2.05, 4.69) is 4.98 Å². The van der Waals surface area contributed by atoms with Gasteiger partial charge in [-0.1, -0.05) is 12.1 Å². The Morgan fingerprint density at radius 3 is 2.70 bits per heavy atom. The van der Waals surface area contributed by atoms with Gasteiger partial charge in [0, 0.05) is 19.2 Å². The van der Waals surface area contributed by atoms with Crippen molar-refractivity contribution in [2.24, 2.45) is 0 Å². The second kappa shape index (κ2) is 9.04. The Bertz CT molecular complexity index is 925. The Hall–Kier alpha value is -3.07. The highest BCUT2D eigenvalue weighted by atomic mass is 16.5. The molecule has 1 aromatic carbocycles. The Morgan fingerprint density at radius 2 is 2.04 bits per heavy atom. The molecule has 1 N–H and O–H groups in total. The van der Waals surface area contributed by atoms with Crippen LogP contribution in [0.3, 0.4) is 0 Å². The third kappa shape index (κ3) is 5.20. The van der Waals surface area contributed by atoms with Crippen molar-refractivity contribution in [2.75, 3.05) is 20.2 Å². The molecule has 2 rings (SSSR count). The van der Waals surface area contributed by atoms with Gasteiger partial charge in [-0.05, 0) is 56.0 Å². The van der Waals surface area contributed by atoms with Gasteiger partial charge in [-0.2, -0.15) is 5.26 Å². The number of pyridine rings is 1. The van der Waals surface area contributed by atoms with Crippen LogP contribution in [0.4, 0.5) is 0 Å². The summed E-state index contributed by atoms with van der Waals surface area (Å²) >= 11 is 0. The highest BCUT2D eigenvalue weighted by molar-refractivity contribution is 5.76. The van der Waals surface area contributed by atoms with Gasteiger partial charge in [0.05, 0.1) is 6.54 Å². The molecule has 0 aliphatic carbocycles. The minimum absolute atomic E-state index is 0.00801. The molecule has 142 valence electrons. The predicted octanol–water partition coefficient (Wildman–Crippen LogP) is 2.64. The number of carbonyl (C=O) groups is 1. The summed E-state index contributed by atoms with van der Waals surface area (Å²) in [5.74, 6) is 0.783. The van der Waals surface area contributed by atoms with Crippen LogP contribution in [-0.4, -0.2) is 36.0 Å². The van der Waals surface area contributed by atoms with Crippen molar-refractivity contribution < 1.29 is 9.53 Å². The molecule has 0 aliphatic heterocycles. The monoisotopic (exact) mass is 367 g/mol. The van der Waals surface area contributed by atoms with Crippen LogP contribution >= 0.6 is 0 Å². The van der Waals surface area contributed by atoms with Gasteiger partial charge in [0.1, 0.15) is 24.0 Å². The van der Waals surface area contributed by atoms with Crippen LogP contribution in [-0.2, 0) is 11.2 Å². The van der Waals surface area contributed by atoms with E-state index in [4.69, 9.17) is 10.00 Å². The Kier molecular flexibility index (Phi) is 6.78. The first kappa shape index (κ1) is 20.2. The first-order valence-electron chi connectivity index (χ1n) is 8.89. The number of amides is 1. The summed E-state index contributed by atoms with van der Waals surface area (Å²) in [6, 6.07) is 9.72. The lowest BCUT2D eigenvalue weighted by Crippen LogP contribution is -2.31. The number of aromatic amines is 1. The SMILES string of the molecule is Cc1cccc(OCCN(C)C(=O)CCc2c(C)[nH]c(=O)c(C#N)c2C)c1. The molecule has 0 saturated carbocycles. The van der Waals surface area contributed by atoms with Gasteiger partial charge in [-0.15, -0.1) is 0 Å². The lowest BCUT2D eigenvalue weighted by Gasteiger charge is -2.18. The molecule has 0 aliphatic rings. The molecule has 1 aromatic heterocycles. The lowest BCUT2D eigenvalue weighted by atomic mass is 9.99. The number of aromatic nitrogens is 1. The van der Waals surface area contributed by atoms with E-state index in [-0.39, 0.29) is 17.0 Å². The average Bonchev–Trinajstić information content (AvgIpc) is 2.61. The van der Waals surface area contributed by atoms with Gasteiger partial charge in [-0.3, -0.25) is 9.59 Å². The molecule has 0 spiro atoms. The van der Waals surface area contributed by atoms with Crippen LogP contribution in [0.15, 0.2) is 29.1 Å². The summed E-state index contributed by atoms with van der Waals surface area (Å²) < 4.78 is 5.68. The molecule has 27 heavy (non-hydrogen) atoms. The molecule has 0 radical (unpaired) electrons. The molecule has 0 saturated heterocycles. The number of nitriles is 1. The summed E-state index contributed by atoms with van der Waals surface area (Å²) in [6.45, 7) is 6.44. The molecule has 2 aromatic rings. The van der Waals surface area contributed by atoms with E-state index in [1.807, 2.05) is 37.3 Å². The zero-order valence-electron chi connectivity index (χ0n) is 16.3.